The van der Waals surface area contributed by atoms with E-state index >= 15 is 0 Å². The van der Waals surface area contributed by atoms with Gasteiger partial charge in [-0.1, -0.05) is 36.4 Å². The predicted molar refractivity (Wildman–Crippen MR) is 126 cm³/mol. The summed E-state index contributed by atoms with van der Waals surface area (Å²) in [6.07, 6.45) is 0. The van der Waals surface area contributed by atoms with Crippen LogP contribution < -0.4 is 14.4 Å². The summed E-state index contributed by atoms with van der Waals surface area (Å²) in [5.74, 6) is 1.50. The Morgan fingerprint density at radius 1 is 1.00 bits per heavy atom. The Morgan fingerprint density at radius 2 is 1.74 bits per heavy atom. The fourth-order valence-electron chi connectivity index (χ4n) is 2.89. The van der Waals surface area contributed by atoms with Crippen LogP contribution in [0.1, 0.15) is 5.56 Å². The lowest BCUT2D eigenvalue weighted by Crippen LogP contribution is -2.26. The SMILES string of the molecule is COc1cccc(CSCC(=O)Nc2cccc(S(=O)(=O)N(C)c3ccccc3)c2)c1. The molecule has 3 aromatic rings. The van der Waals surface area contributed by atoms with Crippen LogP contribution >= 0.6 is 11.8 Å². The first-order valence-electron chi connectivity index (χ1n) is 9.55. The van der Waals surface area contributed by atoms with Crippen molar-refractivity contribution < 1.29 is 17.9 Å². The molecule has 0 saturated heterocycles. The number of benzene rings is 3. The van der Waals surface area contributed by atoms with Crippen LogP contribution in [0.5, 0.6) is 5.75 Å². The molecule has 1 N–H and O–H groups in total. The van der Waals surface area contributed by atoms with Crippen LogP contribution in [0, 0.1) is 0 Å². The van der Waals surface area contributed by atoms with Crippen LogP contribution in [0.15, 0.2) is 83.8 Å². The number of methoxy groups -OCH3 is 1. The molecule has 0 bridgehead atoms. The largest absolute Gasteiger partial charge is 0.497 e. The van der Waals surface area contributed by atoms with Gasteiger partial charge in [0.25, 0.3) is 10.0 Å². The number of hydrogen-bond donors (Lipinski definition) is 1. The zero-order chi connectivity index (χ0) is 22.3. The molecule has 0 aromatic heterocycles. The maximum atomic E-state index is 13.0. The van der Waals surface area contributed by atoms with E-state index in [1.807, 2.05) is 30.3 Å². The van der Waals surface area contributed by atoms with Gasteiger partial charge in [0.2, 0.25) is 5.91 Å². The van der Waals surface area contributed by atoms with Gasteiger partial charge in [-0.3, -0.25) is 9.10 Å². The van der Waals surface area contributed by atoms with Gasteiger partial charge in [0, 0.05) is 18.5 Å². The Labute approximate surface area is 187 Å². The number of carbonyl (C=O) groups is 1. The quantitative estimate of drug-likeness (QED) is 0.517. The number of carbonyl (C=O) groups excluding carboxylic acids is 1. The number of amides is 1. The number of nitrogens with one attached hydrogen (secondary N) is 1. The highest BCUT2D eigenvalue weighted by Crippen LogP contribution is 2.24. The van der Waals surface area contributed by atoms with Crippen molar-refractivity contribution in [1.29, 1.82) is 0 Å². The van der Waals surface area contributed by atoms with Gasteiger partial charge in [0.15, 0.2) is 0 Å². The molecule has 0 atom stereocenters. The van der Waals surface area contributed by atoms with Crippen molar-refractivity contribution in [3.63, 3.8) is 0 Å². The number of hydrogen-bond acceptors (Lipinski definition) is 5. The molecule has 3 aromatic carbocycles. The number of para-hydroxylation sites is 1. The molecule has 0 aliphatic rings. The maximum Gasteiger partial charge on any atom is 0.264 e. The molecule has 6 nitrogen and oxygen atoms in total. The summed E-state index contributed by atoms with van der Waals surface area (Å²) in [7, 11) is -0.623. The molecule has 0 heterocycles. The van der Waals surface area contributed by atoms with Gasteiger partial charge in [-0.15, -0.1) is 11.8 Å². The average Bonchev–Trinajstić information content (AvgIpc) is 2.79. The molecule has 0 radical (unpaired) electrons. The van der Waals surface area contributed by atoms with Crippen molar-refractivity contribution in [3.8, 4) is 5.75 Å². The Hall–Kier alpha value is -2.97. The molecule has 0 aliphatic heterocycles. The predicted octanol–water partition coefficient (Wildman–Crippen LogP) is 4.39. The second kappa shape index (κ2) is 10.4. The van der Waals surface area contributed by atoms with E-state index in [1.54, 1.807) is 43.5 Å². The molecule has 0 unspecified atom stereocenters. The molecular weight excluding hydrogens is 432 g/mol. The number of nitrogens with zero attached hydrogens (tertiary/aromatic N) is 1. The molecule has 0 aliphatic carbocycles. The number of ether oxygens (including phenoxy) is 1. The fraction of sp³-hybridized carbons (Fsp3) is 0.174. The minimum Gasteiger partial charge on any atom is -0.497 e. The fourth-order valence-corrected chi connectivity index (χ4v) is 4.91. The van der Waals surface area contributed by atoms with E-state index in [0.717, 1.165) is 11.3 Å². The Kier molecular flexibility index (Phi) is 7.59. The zero-order valence-electron chi connectivity index (χ0n) is 17.3. The molecule has 162 valence electrons. The lowest BCUT2D eigenvalue weighted by molar-refractivity contribution is -0.113. The molecule has 0 spiro atoms. The number of anilines is 2. The minimum atomic E-state index is -3.74. The molecule has 0 saturated carbocycles. The second-order valence-corrected chi connectivity index (χ2v) is 9.68. The molecular formula is C23H24N2O4S2. The standard InChI is InChI=1S/C23H24N2O4S2/c1-25(20-10-4-3-5-11-20)31(27,28)22-13-7-9-19(15-22)24-23(26)17-30-16-18-8-6-12-21(14-18)29-2/h3-15H,16-17H2,1-2H3,(H,24,26). The lowest BCUT2D eigenvalue weighted by atomic mass is 10.2. The van der Waals surface area contributed by atoms with E-state index < -0.39 is 10.0 Å². The van der Waals surface area contributed by atoms with Gasteiger partial charge in [0.05, 0.1) is 23.4 Å². The van der Waals surface area contributed by atoms with Crippen LogP contribution in [0.25, 0.3) is 0 Å². The smallest absolute Gasteiger partial charge is 0.264 e. The summed E-state index contributed by atoms with van der Waals surface area (Å²) < 4.78 is 32.3. The van der Waals surface area contributed by atoms with Gasteiger partial charge in [0.1, 0.15) is 5.75 Å². The first-order valence-corrected chi connectivity index (χ1v) is 12.1. The van der Waals surface area contributed by atoms with Crippen LogP contribution in [-0.2, 0) is 20.6 Å². The van der Waals surface area contributed by atoms with Crippen molar-refractivity contribution in [2.75, 3.05) is 29.5 Å². The van der Waals surface area contributed by atoms with Crippen LogP contribution in [0.3, 0.4) is 0 Å². The minimum absolute atomic E-state index is 0.112. The number of sulfonamides is 1. The van der Waals surface area contributed by atoms with E-state index in [1.165, 1.54) is 35.2 Å². The Balaban J connectivity index is 1.61. The third-order valence-corrected chi connectivity index (χ3v) is 7.32. The number of rotatable bonds is 9. The van der Waals surface area contributed by atoms with Crippen LogP contribution in [0.4, 0.5) is 11.4 Å². The first kappa shape index (κ1) is 22.7. The summed E-state index contributed by atoms with van der Waals surface area (Å²) >= 11 is 1.47. The van der Waals surface area contributed by atoms with Gasteiger partial charge >= 0.3 is 0 Å². The van der Waals surface area contributed by atoms with Crippen molar-refractivity contribution in [1.82, 2.24) is 0 Å². The van der Waals surface area contributed by atoms with Crippen molar-refractivity contribution in [2.45, 2.75) is 10.6 Å². The number of thioether (sulfide) groups is 1. The normalized spacial score (nSPS) is 11.0. The summed E-state index contributed by atoms with van der Waals surface area (Å²) in [6, 6.07) is 22.8. The lowest BCUT2D eigenvalue weighted by Gasteiger charge is -2.19. The molecule has 3 rings (SSSR count). The summed E-state index contributed by atoms with van der Waals surface area (Å²) in [5.41, 5.74) is 2.06. The summed E-state index contributed by atoms with van der Waals surface area (Å²) in [4.78, 5) is 12.4. The van der Waals surface area contributed by atoms with Gasteiger partial charge < -0.3 is 10.1 Å². The van der Waals surface area contributed by atoms with Crippen LogP contribution in [0.2, 0.25) is 0 Å². The Bertz CT molecular complexity index is 1140. The van der Waals surface area contributed by atoms with E-state index in [2.05, 4.69) is 5.32 Å². The highest BCUT2D eigenvalue weighted by atomic mass is 32.2. The van der Waals surface area contributed by atoms with Crippen molar-refractivity contribution in [3.05, 3.63) is 84.4 Å². The topological polar surface area (TPSA) is 75.7 Å². The van der Waals surface area contributed by atoms with E-state index in [-0.39, 0.29) is 16.6 Å². The maximum absolute atomic E-state index is 13.0. The third kappa shape index (κ3) is 6.02. The average molecular weight is 457 g/mol. The van der Waals surface area contributed by atoms with Crippen molar-refractivity contribution in [2.24, 2.45) is 0 Å². The van der Waals surface area contributed by atoms with Gasteiger partial charge in [-0.25, -0.2) is 8.42 Å². The Morgan fingerprint density at radius 3 is 2.48 bits per heavy atom. The van der Waals surface area contributed by atoms with E-state index in [0.29, 0.717) is 17.1 Å². The summed E-state index contributed by atoms with van der Waals surface area (Å²) in [5, 5.41) is 2.77. The molecule has 31 heavy (non-hydrogen) atoms. The summed E-state index contributed by atoms with van der Waals surface area (Å²) in [6.45, 7) is 0. The molecule has 1 amide bonds. The highest BCUT2D eigenvalue weighted by Gasteiger charge is 2.21. The van der Waals surface area contributed by atoms with E-state index in [4.69, 9.17) is 4.74 Å². The zero-order valence-corrected chi connectivity index (χ0v) is 18.9. The first-order chi connectivity index (χ1) is 14.9. The second-order valence-electron chi connectivity index (χ2n) is 6.73. The van der Waals surface area contributed by atoms with Crippen molar-refractivity contribution >= 4 is 39.1 Å². The van der Waals surface area contributed by atoms with Gasteiger partial charge in [-0.2, -0.15) is 0 Å². The van der Waals surface area contributed by atoms with E-state index in [9.17, 15) is 13.2 Å². The highest BCUT2D eigenvalue weighted by molar-refractivity contribution is 7.99. The monoisotopic (exact) mass is 456 g/mol. The molecule has 0 fully saturated rings. The molecule has 8 heteroatoms. The van der Waals surface area contributed by atoms with Crippen LogP contribution in [-0.4, -0.2) is 34.2 Å². The van der Waals surface area contributed by atoms with Gasteiger partial charge in [-0.05, 0) is 48.0 Å². The third-order valence-electron chi connectivity index (χ3n) is 4.53.